The number of nitrogens with one attached hydrogen (secondary N) is 2. The summed E-state index contributed by atoms with van der Waals surface area (Å²) in [7, 11) is 1.63. The lowest BCUT2D eigenvalue weighted by Gasteiger charge is -2.38. The van der Waals surface area contributed by atoms with E-state index in [2.05, 4.69) is 10.6 Å². The number of halogens is 1. The average Bonchev–Trinajstić information content (AvgIpc) is 2.68. The Morgan fingerprint density at radius 3 is 2.77 bits per heavy atom. The highest BCUT2D eigenvalue weighted by Gasteiger charge is 2.34. The Labute approximate surface area is 186 Å². The number of hydrogen-bond acceptors (Lipinski definition) is 5. The average molecular weight is 449 g/mol. The first-order valence-electron chi connectivity index (χ1n) is 9.63. The molecule has 0 bridgehead atoms. The number of methoxy groups -OCH3 is 1. The third kappa shape index (κ3) is 5.15. The van der Waals surface area contributed by atoms with Gasteiger partial charge in [-0.1, -0.05) is 11.6 Å². The number of carbonyl (C=O) groups excluding carboxylic acids is 1. The van der Waals surface area contributed by atoms with Crippen molar-refractivity contribution < 1.29 is 19.0 Å². The number of thiocarbonyl (C=S) groups is 1. The molecule has 0 aliphatic carbocycles. The van der Waals surface area contributed by atoms with Gasteiger partial charge in [0, 0.05) is 23.7 Å². The number of rotatable bonds is 5. The van der Waals surface area contributed by atoms with Gasteiger partial charge < -0.3 is 24.8 Å². The molecule has 30 heavy (non-hydrogen) atoms. The first kappa shape index (κ1) is 22.2. The minimum absolute atomic E-state index is 0.0496. The molecule has 0 saturated heterocycles. The first-order valence-corrected chi connectivity index (χ1v) is 10.4. The highest BCUT2D eigenvalue weighted by atomic mass is 35.5. The van der Waals surface area contributed by atoms with Crippen LogP contribution in [-0.2, 0) is 4.74 Å². The van der Waals surface area contributed by atoms with Gasteiger partial charge in [0.1, 0.15) is 17.1 Å². The Kier molecular flexibility index (Phi) is 6.73. The molecular formula is C22H25ClN2O4S. The Morgan fingerprint density at radius 2 is 2.07 bits per heavy atom. The molecule has 0 saturated carbocycles. The Bertz CT molecular complexity index is 964. The topological polar surface area (TPSA) is 68.8 Å². The zero-order valence-corrected chi connectivity index (χ0v) is 18.9. The van der Waals surface area contributed by atoms with Crippen LogP contribution in [0.2, 0.25) is 5.02 Å². The summed E-state index contributed by atoms with van der Waals surface area (Å²) in [5.41, 5.74) is 1.56. The second-order valence-electron chi connectivity index (χ2n) is 7.54. The summed E-state index contributed by atoms with van der Waals surface area (Å²) in [6.07, 6.45) is 0.725. The number of fused-ring (bicyclic) bond motifs is 1. The summed E-state index contributed by atoms with van der Waals surface area (Å²) in [4.78, 5) is 12.1. The summed E-state index contributed by atoms with van der Waals surface area (Å²) < 4.78 is 16.5. The van der Waals surface area contributed by atoms with Gasteiger partial charge in [0.25, 0.3) is 0 Å². The second kappa shape index (κ2) is 9.10. The molecule has 0 aromatic heterocycles. The third-order valence-electron chi connectivity index (χ3n) is 4.70. The Balaban J connectivity index is 1.77. The van der Waals surface area contributed by atoms with E-state index in [4.69, 9.17) is 38.0 Å². The van der Waals surface area contributed by atoms with Crippen LogP contribution in [0.25, 0.3) is 0 Å². The number of benzene rings is 2. The highest BCUT2D eigenvalue weighted by Crippen LogP contribution is 2.41. The second-order valence-corrected chi connectivity index (χ2v) is 8.35. The van der Waals surface area contributed by atoms with E-state index in [0.29, 0.717) is 15.8 Å². The summed E-state index contributed by atoms with van der Waals surface area (Å²) in [5.74, 6) is 1.03. The van der Waals surface area contributed by atoms with Crippen molar-refractivity contribution in [1.82, 2.24) is 5.32 Å². The van der Waals surface area contributed by atoms with Crippen molar-refractivity contribution in [1.29, 1.82) is 0 Å². The Hall–Kier alpha value is -2.51. The number of carbonyl (C=O) groups is 1. The highest BCUT2D eigenvalue weighted by molar-refractivity contribution is 7.80. The summed E-state index contributed by atoms with van der Waals surface area (Å²) in [6, 6.07) is 10.7. The molecule has 3 rings (SSSR count). The maximum absolute atomic E-state index is 12.1. The molecule has 1 heterocycles. The van der Waals surface area contributed by atoms with Crippen LogP contribution in [0.1, 0.15) is 49.2 Å². The standard InChI is InChI=1S/C22H25ClN2O4S/c1-5-28-20(26)16-10-13(6-9-17(16)23)24-21(30)25-18-12-22(2,3)29-19-11-14(27-4)7-8-15(18)19/h6-11,18H,5,12H2,1-4H3,(H2,24,25,30)/t18-/m1/s1. The van der Waals surface area contributed by atoms with Crippen LogP contribution in [0.15, 0.2) is 36.4 Å². The monoisotopic (exact) mass is 448 g/mol. The predicted octanol–water partition coefficient (Wildman–Crippen LogP) is 5.11. The molecule has 0 fully saturated rings. The van der Waals surface area contributed by atoms with E-state index in [9.17, 15) is 4.79 Å². The van der Waals surface area contributed by atoms with Crippen molar-refractivity contribution in [2.24, 2.45) is 0 Å². The van der Waals surface area contributed by atoms with Crippen LogP contribution in [0.5, 0.6) is 11.5 Å². The molecule has 0 unspecified atom stereocenters. The van der Waals surface area contributed by atoms with Gasteiger partial charge >= 0.3 is 5.97 Å². The summed E-state index contributed by atoms with van der Waals surface area (Å²) in [6.45, 7) is 6.09. The summed E-state index contributed by atoms with van der Waals surface area (Å²) >= 11 is 11.7. The van der Waals surface area contributed by atoms with Crippen LogP contribution in [-0.4, -0.2) is 30.4 Å². The molecule has 2 N–H and O–H groups in total. The molecule has 0 spiro atoms. The predicted molar refractivity (Wildman–Crippen MR) is 122 cm³/mol. The van der Waals surface area contributed by atoms with Crippen LogP contribution in [0, 0.1) is 0 Å². The van der Waals surface area contributed by atoms with Crippen LogP contribution in [0.3, 0.4) is 0 Å². The van der Waals surface area contributed by atoms with E-state index in [0.717, 1.165) is 23.5 Å². The molecule has 2 aromatic carbocycles. The molecule has 6 nitrogen and oxygen atoms in total. The smallest absolute Gasteiger partial charge is 0.339 e. The van der Waals surface area contributed by atoms with E-state index in [1.807, 2.05) is 32.0 Å². The van der Waals surface area contributed by atoms with Gasteiger partial charge in [0.2, 0.25) is 0 Å². The molecule has 2 aromatic rings. The van der Waals surface area contributed by atoms with E-state index < -0.39 is 5.97 Å². The summed E-state index contributed by atoms with van der Waals surface area (Å²) in [5, 5.41) is 7.23. The molecular weight excluding hydrogens is 424 g/mol. The van der Waals surface area contributed by atoms with E-state index in [1.165, 1.54) is 0 Å². The number of esters is 1. The number of ether oxygens (including phenoxy) is 3. The van der Waals surface area contributed by atoms with Gasteiger partial charge in [0.15, 0.2) is 5.11 Å². The molecule has 1 aliphatic heterocycles. The van der Waals surface area contributed by atoms with Gasteiger partial charge in [0.05, 0.1) is 30.3 Å². The molecule has 0 radical (unpaired) electrons. The van der Waals surface area contributed by atoms with E-state index in [1.54, 1.807) is 32.2 Å². The van der Waals surface area contributed by atoms with Crippen molar-refractivity contribution in [2.75, 3.05) is 19.0 Å². The van der Waals surface area contributed by atoms with Crippen molar-refractivity contribution >= 4 is 40.6 Å². The van der Waals surface area contributed by atoms with Gasteiger partial charge in [-0.2, -0.15) is 0 Å². The fraction of sp³-hybridized carbons (Fsp3) is 0.364. The van der Waals surface area contributed by atoms with Crippen LogP contribution >= 0.6 is 23.8 Å². The first-order chi connectivity index (χ1) is 14.2. The zero-order chi connectivity index (χ0) is 21.9. The van der Waals surface area contributed by atoms with Crippen molar-refractivity contribution in [3.8, 4) is 11.5 Å². The zero-order valence-electron chi connectivity index (χ0n) is 17.4. The van der Waals surface area contributed by atoms with E-state index in [-0.39, 0.29) is 23.8 Å². The molecule has 1 atom stereocenters. The number of hydrogen-bond donors (Lipinski definition) is 2. The molecule has 160 valence electrons. The minimum atomic E-state index is -0.473. The quantitative estimate of drug-likeness (QED) is 0.486. The lowest BCUT2D eigenvalue weighted by Crippen LogP contribution is -2.42. The lowest BCUT2D eigenvalue weighted by atomic mass is 9.89. The molecule has 0 amide bonds. The maximum Gasteiger partial charge on any atom is 0.339 e. The fourth-order valence-electron chi connectivity index (χ4n) is 3.38. The van der Waals surface area contributed by atoms with Crippen molar-refractivity contribution in [3.63, 3.8) is 0 Å². The molecule has 1 aliphatic rings. The fourth-order valence-corrected chi connectivity index (χ4v) is 3.84. The number of anilines is 1. The minimum Gasteiger partial charge on any atom is -0.497 e. The normalized spacial score (nSPS) is 16.6. The lowest BCUT2D eigenvalue weighted by molar-refractivity contribution is 0.0526. The van der Waals surface area contributed by atoms with Gasteiger partial charge in [-0.05, 0) is 63.3 Å². The van der Waals surface area contributed by atoms with Crippen molar-refractivity contribution in [3.05, 3.63) is 52.5 Å². The Morgan fingerprint density at radius 1 is 1.30 bits per heavy atom. The van der Waals surface area contributed by atoms with Crippen molar-refractivity contribution in [2.45, 2.75) is 38.8 Å². The SMILES string of the molecule is CCOC(=O)c1cc(NC(=S)N[C@@H]2CC(C)(C)Oc3cc(OC)ccc32)ccc1Cl. The third-order valence-corrected chi connectivity index (χ3v) is 5.25. The van der Waals surface area contributed by atoms with Crippen LogP contribution in [0.4, 0.5) is 5.69 Å². The van der Waals surface area contributed by atoms with Gasteiger partial charge in [-0.25, -0.2) is 4.79 Å². The van der Waals surface area contributed by atoms with Crippen LogP contribution < -0.4 is 20.1 Å². The van der Waals surface area contributed by atoms with Gasteiger partial charge in [-0.15, -0.1) is 0 Å². The maximum atomic E-state index is 12.1. The van der Waals surface area contributed by atoms with E-state index >= 15 is 0 Å². The molecule has 8 heteroatoms. The van der Waals surface area contributed by atoms with Gasteiger partial charge in [-0.3, -0.25) is 0 Å². The largest absolute Gasteiger partial charge is 0.497 e.